The molecule has 0 fully saturated rings. The van der Waals surface area contributed by atoms with Gasteiger partial charge in [-0.15, -0.1) is 0 Å². The smallest absolute Gasteiger partial charge is 0.128 e. The Morgan fingerprint density at radius 3 is 2.75 bits per heavy atom. The number of nitrogens with zero attached hydrogens (tertiary/aromatic N) is 1. The Bertz CT molecular complexity index is 361. The van der Waals surface area contributed by atoms with E-state index in [2.05, 4.69) is 5.16 Å². The van der Waals surface area contributed by atoms with Crippen molar-refractivity contribution >= 4 is 5.71 Å². The summed E-state index contributed by atoms with van der Waals surface area (Å²) in [5, 5.41) is 21.0. The van der Waals surface area contributed by atoms with E-state index in [0.29, 0.717) is 24.5 Å². The highest BCUT2D eigenvalue weighted by molar-refractivity contribution is 6.00. The lowest BCUT2D eigenvalue weighted by Crippen LogP contribution is -2.09. The molecule has 1 unspecified atom stereocenters. The van der Waals surface area contributed by atoms with Gasteiger partial charge in [0.05, 0.1) is 18.4 Å². The van der Waals surface area contributed by atoms with Crippen molar-refractivity contribution < 1.29 is 15.1 Å². The number of para-hydroxylation sites is 1. The van der Waals surface area contributed by atoms with E-state index < -0.39 is 0 Å². The fourth-order valence-electron chi connectivity index (χ4n) is 1.28. The first-order chi connectivity index (χ1) is 7.65. The van der Waals surface area contributed by atoms with Crippen molar-refractivity contribution in [3.05, 3.63) is 29.8 Å². The number of hydrogen-bond acceptors (Lipinski definition) is 4. The van der Waals surface area contributed by atoms with E-state index in [4.69, 9.17) is 15.1 Å². The van der Waals surface area contributed by atoms with Gasteiger partial charge in [0.25, 0.3) is 0 Å². The fraction of sp³-hybridized carbons (Fsp3) is 0.417. The van der Waals surface area contributed by atoms with E-state index in [9.17, 15) is 0 Å². The zero-order valence-electron chi connectivity index (χ0n) is 9.55. The Morgan fingerprint density at radius 1 is 1.44 bits per heavy atom. The molecule has 1 aromatic carbocycles. The molecule has 1 aromatic rings. The summed E-state index contributed by atoms with van der Waals surface area (Å²) in [5.74, 6) is 0.665. The van der Waals surface area contributed by atoms with Crippen LogP contribution in [0.1, 0.15) is 25.8 Å². The van der Waals surface area contributed by atoms with Crippen LogP contribution in [0.4, 0.5) is 0 Å². The lowest BCUT2D eigenvalue weighted by Gasteiger charge is -2.11. The van der Waals surface area contributed by atoms with Gasteiger partial charge in [0.2, 0.25) is 0 Å². The molecule has 0 bridgehead atoms. The van der Waals surface area contributed by atoms with Crippen LogP contribution in [0.25, 0.3) is 0 Å². The van der Waals surface area contributed by atoms with E-state index in [-0.39, 0.29) is 6.10 Å². The molecule has 0 radical (unpaired) electrons. The van der Waals surface area contributed by atoms with E-state index in [1.54, 1.807) is 13.8 Å². The van der Waals surface area contributed by atoms with Gasteiger partial charge in [-0.2, -0.15) is 0 Å². The molecular weight excluding hydrogens is 206 g/mol. The van der Waals surface area contributed by atoms with Crippen molar-refractivity contribution in [3.8, 4) is 5.75 Å². The molecule has 0 spiro atoms. The van der Waals surface area contributed by atoms with Gasteiger partial charge in [-0.1, -0.05) is 17.3 Å². The minimum absolute atomic E-state index is 0.375. The second-order valence-electron chi connectivity index (χ2n) is 3.67. The highest BCUT2D eigenvalue weighted by atomic mass is 16.5. The van der Waals surface area contributed by atoms with Crippen molar-refractivity contribution in [2.24, 2.45) is 5.16 Å². The molecule has 2 N–H and O–H groups in total. The van der Waals surface area contributed by atoms with Gasteiger partial charge < -0.3 is 15.1 Å². The summed E-state index contributed by atoms with van der Waals surface area (Å²) in [6.07, 6.45) is 0.198. The molecule has 1 rings (SSSR count). The molecule has 0 amide bonds. The number of hydrogen-bond donors (Lipinski definition) is 2. The molecule has 88 valence electrons. The topological polar surface area (TPSA) is 62.1 Å². The molecule has 0 saturated carbocycles. The van der Waals surface area contributed by atoms with Gasteiger partial charge in [-0.25, -0.2) is 0 Å². The lowest BCUT2D eigenvalue weighted by molar-refractivity contribution is 0.155. The average molecular weight is 223 g/mol. The Hall–Kier alpha value is -1.55. The Kier molecular flexibility index (Phi) is 4.79. The molecule has 0 aliphatic carbocycles. The van der Waals surface area contributed by atoms with Crippen LogP contribution in [-0.4, -0.2) is 28.7 Å². The number of aliphatic hydroxyl groups excluding tert-OH is 1. The van der Waals surface area contributed by atoms with Crippen molar-refractivity contribution in [2.45, 2.75) is 26.4 Å². The van der Waals surface area contributed by atoms with Crippen LogP contribution in [-0.2, 0) is 0 Å². The van der Waals surface area contributed by atoms with Crippen LogP contribution < -0.4 is 4.74 Å². The maximum atomic E-state index is 9.11. The fourth-order valence-corrected chi connectivity index (χ4v) is 1.28. The standard InChI is InChI=1S/C12H17NO3/c1-9(14)7-8-16-12-6-4-3-5-11(12)10(2)13-15/h3-6,9,14-15H,7-8H2,1-2H3/b13-10+. The minimum atomic E-state index is -0.375. The van der Waals surface area contributed by atoms with Crippen molar-refractivity contribution in [1.29, 1.82) is 0 Å². The van der Waals surface area contributed by atoms with Gasteiger partial charge in [0.1, 0.15) is 5.75 Å². The third-order valence-corrected chi connectivity index (χ3v) is 2.22. The van der Waals surface area contributed by atoms with Crippen LogP contribution >= 0.6 is 0 Å². The number of aliphatic hydroxyl groups is 1. The van der Waals surface area contributed by atoms with Gasteiger partial charge in [0.15, 0.2) is 0 Å². The SMILES string of the molecule is C/C(=N\O)c1ccccc1OCCC(C)O. The van der Waals surface area contributed by atoms with E-state index in [1.165, 1.54) is 0 Å². The van der Waals surface area contributed by atoms with Crippen molar-refractivity contribution in [3.63, 3.8) is 0 Å². The zero-order valence-corrected chi connectivity index (χ0v) is 9.55. The maximum Gasteiger partial charge on any atom is 0.128 e. The van der Waals surface area contributed by atoms with Gasteiger partial charge in [-0.05, 0) is 26.0 Å². The predicted octanol–water partition coefficient (Wildman–Crippen LogP) is 2.03. The van der Waals surface area contributed by atoms with Crippen LogP contribution in [0.15, 0.2) is 29.4 Å². The molecule has 16 heavy (non-hydrogen) atoms. The summed E-state index contributed by atoms with van der Waals surface area (Å²) >= 11 is 0. The molecule has 4 heteroatoms. The number of rotatable bonds is 5. The molecule has 0 saturated heterocycles. The third-order valence-electron chi connectivity index (χ3n) is 2.22. The quantitative estimate of drug-likeness (QED) is 0.456. The third kappa shape index (κ3) is 3.55. The summed E-state index contributed by atoms with van der Waals surface area (Å²) in [6, 6.07) is 7.34. The van der Waals surface area contributed by atoms with Gasteiger partial charge in [0, 0.05) is 12.0 Å². The molecule has 4 nitrogen and oxygen atoms in total. The molecule has 0 aromatic heterocycles. The van der Waals surface area contributed by atoms with Crippen molar-refractivity contribution in [1.82, 2.24) is 0 Å². The normalized spacial score (nSPS) is 13.6. The second-order valence-corrected chi connectivity index (χ2v) is 3.67. The first-order valence-electron chi connectivity index (χ1n) is 5.24. The maximum absolute atomic E-state index is 9.11. The zero-order chi connectivity index (χ0) is 12.0. The highest BCUT2D eigenvalue weighted by Crippen LogP contribution is 2.19. The minimum Gasteiger partial charge on any atom is -0.493 e. The summed E-state index contributed by atoms with van der Waals surface area (Å²) in [5.41, 5.74) is 1.27. The van der Waals surface area contributed by atoms with E-state index in [1.807, 2.05) is 24.3 Å². The Labute approximate surface area is 95.2 Å². The summed E-state index contributed by atoms with van der Waals surface area (Å²) in [4.78, 5) is 0. The number of ether oxygens (including phenoxy) is 1. The first-order valence-corrected chi connectivity index (χ1v) is 5.24. The predicted molar refractivity (Wildman–Crippen MR) is 62.2 cm³/mol. The molecule has 0 aliphatic rings. The largest absolute Gasteiger partial charge is 0.493 e. The van der Waals surface area contributed by atoms with Crippen LogP contribution in [0.3, 0.4) is 0 Å². The van der Waals surface area contributed by atoms with Crippen molar-refractivity contribution in [2.75, 3.05) is 6.61 Å². The molecule has 1 atom stereocenters. The molecule has 0 heterocycles. The Morgan fingerprint density at radius 2 is 2.12 bits per heavy atom. The molecule has 0 aliphatic heterocycles. The number of benzene rings is 1. The van der Waals surface area contributed by atoms with Crippen LogP contribution in [0, 0.1) is 0 Å². The average Bonchev–Trinajstić information content (AvgIpc) is 2.28. The summed E-state index contributed by atoms with van der Waals surface area (Å²) < 4.78 is 5.52. The van der Waals surface area contributed by atoms with Crippen LogP contribution in [0.5, 0.6) is 5.75 Å². The van der Waals surface area contributed by atoms with Gasteiger partial charge in [-0.3, -0.25) is 0 Å². The summed E-state index contributed by atoms with van der Waals surface area (Å²) in [7, 11) is 0. The Balaban J connectivity index is 2.72. The highest BCUT2D eigenvalue weighted by Gasteiger charge is 2.06. The lowest BCUT2D eigenvalue weighted by atomic mass is 10.1. The second kappa shape index (κ2) is 6.12. The van der Waals surface area contributed by atoms with Gasteiger partial charge >= 0.3 is 0 Å². The van der Waals surface area contributed by atoms with Crippen LogP contribution in [0.2, 0.25) is 0 Å². The monoisotopic (exact) mass is 223 g/mol. The van der Waals surface area contributed by atoms with E-state index in [0.717, 1.165) is 5.56 Å². The molecular formula is C12H17NO3. The number of oxime groups is 1. The summed E-state index contributed by atoms with van der Waals surface area (Å²) in [6.45, 7) is 3.86. The first kappa shape index (κ1) is 12.5. The van der Waals surface area contributed by atoms with E-state index >= 15 is 0 Å².